The van der Waals surface area contributed by atoms with E-state index >= 15 is 0 Å². The molecule has 1 N–H and O–H groups in total. The lowest BCUT2D eigenvalue weighted by molar-refractivity contribution is -0.113. The molecule has 1 aliphatic heterocycles. The maximum Gasteiger partial charge on any atom is 0.350 e. The first-order valence-electron chi connectivity index (χ1n) is 10.0. The van der Waals surface area contributed by atoms with Crippen LogP contribution in [0.3, 0.4) is 0 Å². The molecule has 1 fully saturated rings. The van der Waals surface area contributed by atoms with Crippen molar-refractivity contribution >= 4 is 67.3 Å². The van der Waals surface area contributed by atoms with Gasteiger partial charge in [-0.05, 0) is 45.2 Å². The third-order valence-electron chi connectivity index (χ3n) is 4.81. The summed E-state index contributed by atoms with van der Waals surface area (Å²) in [5, 5.41) is 13.1. The molecule has 0 atom stereocenters. The molecule has 0 unspecified atom stereocenters. The molecule has 164 valence electrons. The molecule has 1 saturated heterocycles. The fraction of sp³-hybridized carbons (Fsp3) is 0.450. The normalized spacial score (nSPS) is 13.7. The first-order valence-corrected chi connectivity index (χ1v) is 12.7. The SMILES string of the molecule is CCOC(=O)c1sc2nc(C)cc(C)c2c1NC(=O)CSc1nnc(N2CCCC2)s1. The van der Waals surface area contributed by atoms with Gasteiger partial charge < -0.3 is 15.0 Å². The average Bonchev–Trinajstić information content (AvgIpc) is 3.46. The van der Waals surface area contributed by atoms with Gasteiger partial charge in [0.15, 0.2) is 4.34 Å². The van der Waals surface area contributed by atoms with Crippen LogP contribution < -0.4 is 10.2 Å². The van der Waals surface area contributed by atoms with Crippen LogP contribution in [-0.2, 0) is 9.53 Å². The highest BCUT2D eigenvalue weighted by atomic mass is 32.2. The minimum atomic E-state index is -0.454. The minimum Gasteiger partial charge on any atom is -0.462 e. The van der Waals surface area contributed by atoms with Crippen LogP contribution in [0.5, 0.6) is 0 Å². The summed E-state index contributed by atoms with van der Waals surface area (Å²) in [5.74, 6) is -0.495. The minimum absolute atomic E-state index is 0.173. The van der Waals surface area contributed by atoms with Gasteiger partial charge in [0.25, 0.3) is 0 Å². The maximum absolute atomic E-state index is 12.7. The lowest BCUT2D eigenvalue weighted by Crippen LogP contribution is -2.17. The van der Waals surface area contributed by atoms with E-state index in [2.05, 4.69) is 25.4 Å². The quantitative estimate of drug-likeness (QED) is 0.398. The molecule has 1 amide bonds. The van der Waals surface area contributed by atoms with Crippen molar-refractivity contribution in [1.29, 1.82) is 0 Å². The summed E-state index contributed by atoms with van der Waals surface area (Å²) in [6, 6.07) is 1.94. The van der Waals surface area contributed by atoms with Crippen molar-refractivity contribution in [2.75, 3.05) is 35.7 Å². The van der Waals surface area contributed by atoms with Gasteiger partial charge in [-0.3, -0.25) is 4.79 Å². The van der Waals surface area contributed by atoms with Gasteiger partial charge in [0.05, 0.1) is 18.0 Å². The Hall–Kier alpha value is -2.24. The Morgan fingerprint density at radius 3 is 2.74 bits per heavy atom. The Kier molecular flexibility index (Phi) is 6.73. The van der Waals surface area contributed by atoms with Crippen molar-refractivity contribution in [3.63, 3.8) is 0 Å². The van der Waals surface area contributed by atoms with Crippen molar-refractivity contribution in [1.82, 2.24) is 15.2 Å². The zero-order chi connectivity index (χ0) is 22.0. The summed E-state index contributed by atoms with van der Waals surface area (Å²) < 4.78 is 5.95. The number of nitrogens with zero attached hydrogens (tertiary/aromatic N) is 4. The van der Waals surface area contributed by atoms with Crippen molar-refractivity contribution in [3.05, 3.63) is 22.2 Å². The molecule has 0 aromatic carbocycles. The Morgan fingerprint density at radius 2 is 2.00 bits per heavy atom. The van der Waals surface area contributed by atoms with Gasteiger partial charge in [-0.1, -0.05) is 23.1 Å². The fourth-order valence-corrected chi connectivity index (χ4v) is 6.34. The van der Waals surface area contributed by atoms with E-state index in [0.717, 1.165) is 39.2 Å². The van der Waals surface area contributed by atoms with Crippen LogP contribution in [0.4, 0.5) is 10.8 Å². The molecule has 0 radical (unpaired) electrons. The van der Waals surface area contributed by atoms with Crippen LogP contribution in [0.15, 0.2) is 10.4 Å². The number of amides is 1. The fourth-order valence-electron chi connectivity index (χ4n) is 3.50. The second kappa shape index (κ2) is 9.49. The summed E-state index contributed by atoms with van der Waals surface area (Å²) in [6.07, 6.45) is 2.35. The molecule has 0 bridgehead atoms. The van der Waals surface area contributed by atoms with Crippen LogP contribution >= 0.6 is 34.4 Å². The number of thioether (sulfide) groups is 1. The molecule has 0 aliphatic carbocycles. The summed E-state index contributed by atoms with van der Waals surface area (Å²) in [5.41, 5.74) is 2.29. The van der Waals surface area contributed by atoms with Crippen LogP contribution in [0.25, 0.3) is 10.2 Å². The van der Waals surface area contributed by atoms with Gasteiger partial charge in [-0.2, -0.15) is 0 Å². The van der Waals surface area contributed by atoms with Gasteiger partial charge >= 0.3 is 5.97 Å². The van der Waals surface area contributed by atoms with Crippen LogP contribution in [0.2, 0.25) is 0 Å². The van der Waals surface area contributed by atoms with Crippen molar-refractivity contribution in [3.8, 4) is 0 Å². The number of pyridine rings is 1. The second-order valence-corrected chi connectivity index (χ2v) is 10.3. The maximum atomic E-state index is 12.7. The highest BCUT2D eigenvalue weighted by Crippen LogP contribution is 2.38. The number of thiophene rings is 1. The molecule has 4 heterocycles. The Balaban J connectivity index is 1.51. The van der Waals surface area contributed by atoms with E-state index in [-0.39, 0.29) is 18.3 Å². The summed E-state index contributed by atoms with van der Waals surface area (Å²) in [6.45, 7) is 7.89. The molecule has 0 saturated carbocycles. The smallest absolute Gasteiger partial charge is 0.350 e. The number of aryl methyl sites for hydroxylation is 2. The van der Waals surface area contributed by atoms with E-state index < -0.39 is 5.97 Å². The lowest BCUT2D eigenvalue weighted by Gasteiger charge is -2.10. The van der Waals surface area contributed by atoms with E-state index in [0.29, 0.717) is 15.4 Å². The number of esters is 1. The molecule has 3 aromatic heterocycles. The topological polar surface area (TPSA) is 97.3 Å². The first-order chi connectivity index (χ1) is 15.0. The summed E-state index contributed by atoms with van der Waals surface area (Å²) in [7, 11) is 0. The molecule has 4 rings (SSSR count). The average molecular weight is 478 g/mol. The number of hydrogen-bond donors (Lipinski definition) is 1. The number of rotatable bonds is 7. The predicted octanol–water partition coefficient (Wildman–Crippen LogP) is 4.27. The van der Waals surface area contributed by atoms with Crippen LogP contribution in [0, 0.1) is 13.8 Å². The van der Waals surface area contributed by atoms with Gasteiger partial charge in [-0.15, -0.1) is 21.5 Å². The number of hydrogen-bond acceptors (Lipinski definition) is 10. The second-order valence-electron chi connectivity index (χ2n) is 7.17. The van der Waals surface area contributed by atoms with Gasteiger partial charge in [-0.25, -0.2) is 9.78 Å². The summed E-state index contributed by atoms with van der Waals surface area (Å²) in [4.78, 5) is 33.1. The van der Waals surface area contributed by atoms with E-state index in [1.165, 1.54) is 47.3 Å². The molecular formula is C20H23N5O3S3. The molecule has 8 nitrogen and oxygen atoms in total. The molecule has 11 heteroatoms. The van der Waals surface area contributed by atoms with Gasteiger partial charge in [0.1, 0.15) is 9.71 Å². The first kappa shape index (κ1) is 22.0. The third-order valence-corrected chi connectivity index (χ3v) is 7.99. The molecule has 3 aromatic rings. The molecular weight excluding hydrogens is 454 g/mol. The van der Waals surface area contributed by atoms with E-state index in [9.17, 15) is 9.59 Å². The van der Waals surface area contributed by atoms with Crippen LogP contribution in [0.1, 0.15) is 40.7 Å². The summed E-state index contributed by atoms with van der Waals surface area (Å²) >= 11 is 4.09. The standard InChI is InChI=1S/C20H23N5O3S3/c1-4-28-18(27)16-15(14-11(2)9-12(3)21-17(14)30-16)22-13(26)10-29-20-24-23-19(31-20)25-7-5-6-8-25/h9H,4-8,10H2,1-3H3,(H,22,26). The van der Waals surface area contributed by atoms with Gasteiger partial charge in [0.2, 0.25) is 11.0 Å². The number of anilines is 2. The Labute approximate surface area is 192 Å². The number of ether oxygens (including phenoxy) is 1. The highest BCUT2D eigenvalue weighted by Gasteiger charge is 2.24. The largest absolute Gasteiger partial charge is 0.462 e. The van der Waals surface area contributed by atoms with E-state index in [4.69, 9.17) is 4.74 Å². The van der Waals surface area contributed by atoms with Gasteiger partial charge in [0, 0.05) is 24.2 Å². The van der Waals surface area contributed by atoms with Crippen LogP contribution in [-0.4, -0.2) is 52.5 Å². The molecule has 0 spiro atoms. The number of nitrogens with one attached hydrogen (secondary N) is 1. The predicted molar refractivity (Wildman–Crippen MR) is 126 cm³/mol. The van der Waals surface area contributed by atoms with E-state index in [1.54, 1.807) is 6.92 Å². The molecule has 1 aliphatic rings. The third kappa shape index (κ3) is 4.83. The number of aromatic nitrogens is 3. The number of carbonyl (C=O) groups excluding carboxylic acids is 2. The van der Waals surface area contributed by atoms with E-state index in [1.807, 2.05) is 19.9 Å². The monoisotopic (exact) mass is 477 g/mol. The number of carbonyl (C=O) groups is 2. The zero-order valence-electron chi connectivity index (χ0n) is 17.6. The highest BCUT2D eigenvalue weighted by molar-refractivity contribution is 8.01. The zero-order valence-corrected chi connectivity index (χ0v) is 20.0. The molecule has 31 heavy (non-hydrogen) atoms. The number of fused-ring (bicyclic) bond motifs is 1. The Bertz CT molecular complexity index is 1120. The van der Waals surface area contributed by atoms with Crippen molar-refractivity contribution in [2.24, 2.45) is 0 Å². The van der Waals surface area contributed by atoms with Crippen molar-refractivity contribution in [2.45, 2.75) is 38.0 Å². The Morgan fingerprint density at radius 1 is 1.23 bits per heavy atom. The van der Waals surface area contributed by atoms with Crippen molar-refractivity contribution < 1.29 is 14.3 Å². The lowest BCUT2D eigenvalue weighted by atomic mass is 10.1.